The highest BCUT2D eigenvalue weighted by Gasteiger charge is 2.12. The highest BCUT2D eigenvalue weighted by molar-refractivity contribution is 6.39. The minimum absolute atomic E-state index is 0.548. The maximum Gasteiger partial charge on any atom is 0.329 e. The summed E-state index contributed by atoms with van der Waals surface area (Å²) < 4.78 is 0. The summed E-state index contributed by atoms with van der Waals surface area (Å²) in [7, 11) is 0. The minimum Gasteiger partial charge on any atom is -0.318 e. The Morgan fingerprint density at radius 2 is 1.29 bits per heavy atom. The molecule has 0 unspecified atom stereocenters. The van der Waals surface area contributed by atoms with E-state index in [9.17, 15) is 9.59 Å². The van der Waals surface area contributed by atoms with Crippen LogP contribution in [0.4, 0.5) is 5.69 Å². The number of hydrogen-bond donors (Lipinski definition) is 2. The number of nitrogens with one attached hydrogen (secondary N) is 2. The lowest BCUT2D eigenvalue weighted by atomic mass is 9.97. The van der Waals surface area contributed by atoms with Gasteiger partial charge in [-0.15, -0.1) is 0 Å². The number of carbonyl (C=O) groups is 2. The molecule has 4 aromatic carbocycles. The van der Waals surface area contributed by atoms with Gasteiger partial charge in [0.1, 0.15) is 0 Å². The number of fused-ring (bicyclic) bond motifs is 2. The van der Waals surface area contributed by atoms with Gasteiger partial charge >= 0.3 is 11.8 Å². The highest BCUT2D eigenvalue weighted by Crippen LogP contribution is 2.27. The van der Waals surface area contributed by atoms with E-state index in [2.05, 4.69) is 21.9 Å². The first-order valence-electron chi connectivity index (χ1n) is 8.82. The molecule has 5 heteroatoms. The van der Waals surface area contributed by atoms with Gasteiger partial charge in [0.2, 0.25) is 0 Å². The summed E-state index contributed by atoms with van der Waals surface area (Å²) >= 11 is 0. The molecule has 136 valence electrons. The first kappa shape index (κ1) is 17.4. The summed E-state index contributed by atoms with van der Waals surface area (Å²) in [4.78, 5) is 24.0. The Morgan fingerprint density at radius 3 is 1.93 bits per heavy atom. The number of anilines is 1. The number of para-hydroxylation sites is 1. The van der Waals surface area contributed by atoms with Gasteiger partial charge in [-0.1, -0.05) is 66.7 Å². The van der Waals surface area contributed by atoms with E-state index in [4.69, 9.17) is 0 Å². The second kappa shape index (κ2) is 7.72. The lowest BCUT2D eigenvalue weighted by molar-refractivity contribution is -0.136. The van der Waals surface area contributed by atoms with Gasteiger partial charge in [-0.05, 0) is 39.7 Å². The molecule has 4 aromatic rings. The van der Waals surface area contributed by atoms with Crippen molar-refractivity contribution < 1.29 is 9.59 Å². The van der Waals surface area contributed by atoms with Crippen LogP contribution in [0.3, 0.4) is 0 Å². The van der Waals surface area contributed by atoms with Crippen LogP contribution >= 0.6 is 0 Å². The van der Waals surface area contributed by atoms with Crippen molar-refractivity contribution in [3.63, 3.8) is 0 Å². The average Bonchev–Trinajstić information content (AvgIpc) is 2.73. The third-order valence-corrected chi connectivity index (χ3v) is 4.41. The van der Waals surface area contributed by atoms with E-state index in [0.29, 0.717) is 5.69 Å². The number of carbonyl (C=O) groups excluding carboxylic acids is 2. The van der Waals surface area contributed by atoms with Gasteiger partial charge in [0.25, 0.3) is 0 Å². The molecule has 5 nitrogen and oxygen atoms in total. The normalized spacial score (nSPS) is 11.0. The Bertz CT molecular complexity index is 1150. The smallest absolute Gasteiger partial charge is 0.318 e. The summed E-state index contributed by atoms with van der Waals surface area (Å²) in [5.41, 5.74) is 3.73. The monoisotopic (exact) mass is 367 g/mol. The molecular formula is C23H17N3O2. The molecule has 0 atom stereocenters. The Morgan fingerprint density at radius 1 is 0.714 bits per heavy atom. The largest absolute Gasteiger partial charge is 0.329 e. The van der Waals surface area contributed by atoms with Crippen LogP contribution in [0.1, 0.15) is 5.56 Å². The topological polar surface area (TPSA) is 70.6 Å². The fraction of sp³-hybridized carbons (Fsp3) is 0. The Labute approximate surface area is 161 Å². The van der Waals surface area contributed by atoms with Crippen LogP contribution in [0.5, 0.6) is 0 Å². The van der Waals surface area contributed by atoms with Gasteiger partial charge in [-0.25, -0.2) is 5.43 Å². The Kier molecular flexibility index (Phi) is 4.80. The maximum absolute atomic E-state index is 12.0. The van der Waals surface area contributed by atoms with Crippen molar-refractivity contribution in [1.82, 2.24) is 5.43 Å². The number of nitrogens with zero attached hydrogens (tertiary/aromatic N) is 1. The van der Waals surface area contributed by atoms with Gasteiger partial charge in [0.15, 0.2) is 0 Å². The van der Waals surface area contributed by atoms with E-state index in [1.807, 2.05) is 54.6 Å². The average molecular weight is 367 g/mol. The molecule has 0 heterocycles. The van der Waals surface area contributed by atoms with Crippen molar-refractivity contribution in [3.05, 3.63) is 90.5 Å². The van der Waals surface area contributed by atoms with Crippen LogP contribution in [0, 0.1) is 0 Å². The number of rotatable bonds is 3. The zero-order chi connectivity index (χ0) is 19.3. The molecule has 0 bridgehead atoms. The first-order valence-corrected chi connectivity index (χ1v) is 8.82. The first-order chi connectivity index (χ1) is 13.7. The van der Waals surface area contributed by atoms with Crippen molar-refractivity contribution in [1.29, 1.82) is 0 Å². The van der Waals surface area contributed by atoms with E-state index in [1.165, 1.54) is 0 Å². The summed E-state index contributed by atoms with van der Waals surface area (Å²) in [6, 6.07) is 26.9. The van der Waals surface area contributed by atoms with Crippen LogP contribution < -0.4 is 10.7 Å². The van der Waals surface area contributed by atoms with E-state index in [-0.39, 0.29) is 0 Å². The summed E-state index contributed by atoms with van der Waals surface area (Å²) in [6.07, 6.45) is 1.58. The number of amides is 2. The molecule has 2 N–H and O–H groups in total. The summed E-state index contributed by atoms with van der Waals surface area (Å²) in [6.45, 7) is 0. The molecule has 0 radical (unpaired) electrons. The molecular weight excluding hydrogens is 350 g/mol. The molecule has 0 aromatic heterocycles. The van der Waals surface area contributed by atoms with E-state index >= 15 is 0 Å². The van der Waals surface area contributed by atoms with Gasteiger partial charge in [-0.3, -0.25) is 9.59 Å². The van der Waals surface area contributed by atoms with E-state index in [0.717, 1.165) is 27.1 Å². The van der Waals surface area contributed by atoms with Crippen LogP contribution in [0.25, 0.3) is 21.5 Å². The molecule has 0 spiro atoms. The predicted octanol–water partition coefficient (Wildman–Crippen LogP) is 4.08. The molecule has 0 fully saturated rings. The van der Waals surface area contributed by atoms with Crippen molar-refractivity contribution in [2.24, 2.45) is 5.10 Å². The van der Waals surface area contributed by atoms with Crippen LogP contribution in [-0.2, 0) is 9.59 Å². The molecule has 0 aliphatic carbocycles. The van der Waals surface area contributed by atoms with Crippen LogP contribution in [0.2, 0.25) is 0 Å². The fourth-order valence-electron chi connectivity index (χ4n) is 3.10. The third-order valence-electron chi connectivity index (χ3n) is 4.41. The standard InChI is InChI=1S/C23H17N3O2/c27-22(25-18-10-2-1-3-11-18)23(28)26-24-15-21-19-12-6-4-8-16(19)14-17-9-5-7-13-20(17)21/h1-15H,(H,25,27)(H,26,28)/b24-15+. The lowest BCUT2D eigenvalue weighted by Crippen LogP contribution is -2.32. The van der Waals surface area contributed by atoms with Gasteiger partial charge in [0, 0.05) is 11.3 Å². The second-order valence-corrected chi connectivity index (χ2v) is 6.25. The Hall–Kier alpha value is -3.99. The van der Waals surface area contributed by atoms with Crippen molar-refractivity contribution in [2.45, 2.75) is 0 Å². The Balaban J connectivity index is 1.58. The molecule has 2 amide bonds. The van der Waals surface area contributed by atoms with Crippen molar-refractivity contribution >= 4 is 45.3 Å². The predicted molar refractivity (Wildman–Crippen MR) is 112 cm³/mol. The van der Waals surface area contributed by atoms with E-state index < -0.39 is 11.8 Å². The van der Waals surface area contributed by atoms with Crippen LogP contribution in [-0.4, -0.2) is 18.0 Å². The molecule has 4 rings (SSSR count). The maximum atomic E-state index is 12.0. The fourth-order valence-corrected chi connectivity index (χ4v) is 3.10. The van der Waals surface area contributed by atoms with Gasteiger partial charge in [-0.2, -0.15) is 5.10 Å². The summed E-state index contributed by atoms with van der Waals surface area (Å²) in [5.74, 6) is -1.60. The minimum atomic E-state index is -0.829. The highest BCUT2D eigenvalue weighted by atomic mass is 16.2. The van der Waals surface area contributed by atoms with Crippen LogP contribution in [0.15, 0.2) is 90.0 Å². The summed E-state index contributed by atoms with van der Waals surface area (Å²) in [5, 5.41) is 10.7. The van der Waals surface area contributed by atoms with Crippen molar-refractivity contribution in [2.75, 3.05) is 5.32 Å². The third kappa shape index (κ3) is 3.59. The SMILES string of the molecule is O=C(N/N=C/c1c2ccccc2cc2ccccc12)C(=O)Nc1ccccc1. The number of benzene rings is 4. The zero-order valence-electron chi connectivity index (χ0n) is 14.9. The molecule has 0 saturated heterocycles. The van der Waals surface area contributed by atoms with Gasteiger partial charge in [0.05, 0.1) is 6.21 Å². The quantitative estimate of drug-likeness (QED) is 0.248. The lowest BCUT2D eigenvalue weighted by Gasteiger charge is -2.08. The number of hydrazone groups is 1. The second-order valence-electron chi connectivity index (χ2n) is 6.25. The zero-order valence-corrected chi connectivity index (χ0v) is 14.9. The molecule has 0 aliphatic heterocycles. The van der Waals surface area contributed by atoms with Gasteiger partial charge < -0.3 is 5.32 Å². The molecule has 28 heavy (non-hydrogen) atoms. The molecule has 0 aliphatic rings. The van der Waals surface area contributed by atoms with Crippen molar-refractivity contribution in [3.8, 4) is 0 Å². The molecule has 0 saturated carbocycles. The number of hydrogen-bond acceptors (Lipinski definition) is 3. The van der Waals surface area contributed by atoms with E-state index in [1.54, 1.807) is 30.5 Å².